The van der Waals surface area contributed by atoms with Gasteiger partial charge in [0, 0.05) is 5.56 Å². The molecule has 0 aromatic heterocycles. The summed E-state index contributed by atoms with van der Waals surface area (Å²) in [6, 6.07) is 5.88. The maximum absolute atomic E-state index is 12.8. The van der Waals surface area contributed by atoms with Crippen LogP contribution in [-0.2, 0) is 9.53 Å². The van der Waals surface area contributed by atoms with Crippen LogP contribution in [0.1, 0.15) is 23.2 Å². The predicted octanol–water partition coefficient (Wildman–Crippen LogP) is 1.95. The summed E-state index contributed by atoms with van der Waals surface area (Å²) >= 11 is 0. The van der Waals surface area contributed by atoms with E-state index < -0.39 is 24.8 Å². The molecule has 0 aliphatic carbocycles. The average molecular weight is 354 g/mol. The minimum Gasteiger partial charge on any atom is -0.497 e. The number of allylic oxidation sites excluding steroid dienone is 1. The first-order valence-electron chi connectivity index (χ1n) is 7.84. The summed E-state index contributed by atoms with van der Waals surface area (Å²) in [4.78, 5) is 24.3. The third-order valence-corrected chi connectivity index (χ3v) is 3.57. The first-order valence-corrected chi connectivity index (χ1v) is 7.84. The Morgan fingerprint density at radius 3 is 2.60 bits per heavy atom. The highest BCUT2D eigenvalue weighted by Crippen LogP contribution is 2.17. The third-order valence-electron chi connectivity index (χ3n) is 3.57. The first kappa shape index (κ1) is 18.7. The molecule has 0 spiro atoms. The number of alkyl halides is 2. The van der Waals surface area contributed by atoms with Crippen molar-refractivity contribution in [1.82, 2.24) is 4.90 Å². The van der Waals surface area contributed by atoms with Crippen molar-refractivity contribution in [2.45, 2.75) is 25.4 Å². The number of nitrogens with zero attached hydrogens (tertiary/aromatic N) is 1. The monoisotopic (exact) mass is 354 g/mol. The normalized spacial score (nSPS) is 16.4. The van der Waals surface area contributed by atoms with E-state index in [-0.39, 0.29) is 24.8 Å². The molecule has 25 heavy (non-hydrogen) atoms. The second kappa shape index (κ2) is 9.00. The van der Waals surface area contributed by atoms with E-state index >= 15 is 0 Å². The molecule has 8 heteroatoms. The molecule has 6 nitrogen and oxygen atoms in total. The van der Waals surface area contributed by atoms with Gasteiger partial charge in [-0.2, -0.15) is 0 Å². The van der Waals surface area contributed by atoms with Gasteiger partial charge >= 0.3 is 0 Å². The second-order valence-corrected chi connectivity index (χ2v) is 5.59. The Hall–Kier alpha value is -2.64. The molecule has 1 aliphatic rings. The molecule has 2 N–H and O–H groups in total. The van der Waals surface area contributed by atoms with E-state index in [4.69, 9.17) is 15.2 Å². The summed E-state index contributed by atoms with van der Waals surface area (Å²) in [5.41, 5.74) is 5.23. The Kier molecular flexibility index (Phi) is 6.73. The topological polar surface area (TPSA) is 81.9 Å². The first-order chi connectivity index (χ1) is 12.0. The fraction of sp³-hybridized carbons (Fsp3) is 0.412. The predicted molar refractivity (Wildman–Crippen MR) is 86.3 cm³/mol. The Morgan fingerprint density at radius 2 is 2.04 bits per heavy atom. The molecule has 0 unspecified atom stereocenters. The van der Waals surface area contributed by atoms with E-state index in [1.54, 1.807) is 0 Å². The minimum atomic E-state index is -2.64. The standard InChI is InChI=1S/C17H20F2N2O4/c18-15(19)10-21(9-14-3-1-2-8-24-14)17(23)12-4-6-13(7-5-12)25-11-16(20)22/h2,4-8,14-15H,1,3,9-11H2,(H2,20,22)/t14-/m1/s1. The Morgan fingerprint density at radius 1 is 1.32 bits per heavy atom. The van der Waals surface area contributed by atoms with Gasteiger partial charge in [-0.3, -0.25) is 9.59 Å². The molecule has 1 aromatic rings. The van der Waals surface area contributed by atoms with E-state index in [0.717, 1.165) is 11.3 Å². The van der Waals surface area contributed by atoms with Crippen molar-refractivity contribution in [3.8, 4) is 5.75 Å². The van der Waals surface area contributed by atoms with Gasteiger partial charge in [0.1, 0.15) is 11.9 Å². The van der Waals surface area contributed by atoms with Crippen LogP contribution in [0.15, 0.2) is 36.6 Å². The van der Waals surface area contributed by atoms with Gasteiger partial charge in [0.25, 0.3) is 18.2 Å². The Bertz CT molecular complexity index is 620. The molecular formula is C17H20F2N2O4. The molecule has 0 saturated carbocycles. The van der Waals surface area contributed by atoms with E-state index in [1.807, 2.05) is 6.08 Å². The molecule has 1 aromatic carbocycles. The van der Waals surface area contributed by atoms with Crippen LogP contribution in [-0.4, -0.2) is 48.9 Å². The lowest BCUT2D eigenvalue weighted by Gasteiger charge is -2.28. The van der Waals surface area contributed by atoms with Crippen molar-refractivity contribution in [2.24, 2.45) is 5.73 Å². The number of rotatable bonds is 8. The number of halogens is 2. The van der Waals surface area contributed by atoms with Crippen molar-refractivity contribution in [3.63, 3.8) is 0 Å². The van der Waals surface area contributed by atoms with Crippen LogP contribution in [0.2, 0.25) is 0 Å². The van der Waals surface area contributed by atoms with Gasteiger partial charge in [-0.25, -0.2) is 8.78 Å². The van der Waals surface area contributed by atoms with Crippen LogP contribution in [0.3, 0.4) is 0 Å². The summed E-state index contributed by atoms with van der Waals surface area (Å²) in [7, 11) is 0. The van der Waals surface area contributed by atoms with Crippen LogP contribution in [0.4, 0.5) is 8.78 Å². The summed E-state index contributed by atoms with van der Waals surface area (Å²) in [5.74, 6) is -0.777. The zero-order valence-corrected chi connectivity index (χ0v) is 13.6. The number of hydrogen-bond acceptors (Lipinski definition) is 4. The average Bonchev–Trinajstić information content (AvgIpc) is 2.60. The van der Waals surface area contributed by atoms with Crippen molar-refractivity contribution >= 4 is 11.8 Å². The van der Waals surface area contributed by atoms with Crippen LogP contribution in [0.5, 0.6) is 5.75 Å². The van der Waals surface area contributed by atoms with Gasteiger partial charge in [-0.05, 0) is 43.2 Å². The summed E-state index contributed by atoms with van der Waals surface area (Å²) in [6.45, 7) is -0.854. The zero-order chi connectivity index (χ0) is 18.2. The number of carbonyl (C=O) groups is 2. The van der Waals surface area contributed by atoms with Crippen molar-refractivity contribution in [2.75, 3.05) is 19.7 Å². The molecule has 1 atom stereocenters. The van der Waals surface area contributed by atoms with Gasteiger partial charge < -0.3 is 20.1 Å². The third kappa shape index (κ3) is 6.06. The maximum Gasteiger partial charge on any atom is 0.255 e. The fourth-order valence-electron chi connectivity index (χ4n) is 2.40. The fourth-order valence-corrected chi connectivity index (χ4v) is 2.40. The smallest absolute Gasteiger partial charge is 0.255 e. The zero-order valence-electron chi connectivity index (χ0n) is 13.6. The lowest BCUT2D eigenvalue weighted by atomic mass is 10.1. The molecule has 0 saturated heterocycles. The van der Waals surface area contributed by atoms with Crippen LogP contribution >= 0.6 is 0 Å². The lowest BCUT2D eigenvalue weighted by molar-refractivity contribution is -0.119. The number of ether oxygens (including phenoxy) is 2. The molecule has 1 aliphatic heterocycles. The Labute approximate surface area is 144 Å². The number of benzene rings is 1. The van der Waals surface area contributed by atoms with Gasteiger partial charge in [0.2, 0.25) is 0 Å². The highest BCUT2D eigenvalue weighted by Gasteiger charge is 2.24. The van der Waals surface area contributed by atoms with Crippen LogP contribution < -0.4 is 10.5 Å². The number of carbonyl (C=O) groups excluding carboxylic acids is 2. The highest BCUT2D eigenvalue weighted by atomic mass is 19.3. The molecule has 2 amide bonds. The lowest BCUT2D eigenvalue weighted by Crippen LogP contribution is -2.41. The van der Waals surface area contributed by atoms with Gasteiger partial charge in [-0.1, -0.05) is 0 Å². The van der Waals surface area contributed by atoms with E-state index in [0.29, 0.717) is 12.2 Å². The van der Waals surface area contributed by atoms with Crippen LogP contribution in [0.25, 0.3) is 0 Å². The number of primary amides is 1. The number of hydrogen-bond donors (Lipinski definition) is 1. The minimum absolute atomic E-state index is 0.0907. The van der Waals surface area contributed by atoms with Crippen molar-refractivity contribution in [3.05, 3.63) is 42.2 Å². The summed E-state index contributed by atoms with van der Waals surface area (Å²) in [5, 5.41) is 0. The number of amides is 2. The van der Waals surface area contributed by atoms with Crippen LogP contribution in [0, 0.1) is 0 Å². The van der Waals surface area contributed by atoms with Gasteiger partial charge in [-0.15, -0.1) is 0 Å². The van der Waals surface area contributed by atoms with E-state index in [9.17, 15) is 18.4 Å². The summed E-state index contributed by atoms with van der Waals surface area (Å²) in [6.07, 6.45) is 1.90. The van der Waals surface area contributed by atoms with Crippen molar-refractivity contribution in [1.29, 1.82) is 0 Å². The van der Waals surface area contributed by atoms with Gasteiger partial charge in [0.15, 0.2) is 6.61 Å². The molecule has 0 radical (unpaired) electrons. The van der Waals surface area contributed by atoms with Gasteiger partial charge in [0.05, 0.1) is 19.4 Å². The summed E-state index contributed by atoms with van der Waals surface area (Å²) < 4.78 is 36.2. The van der Waals surface area contributed by atoms with E-state index in [1.165, 1.54) is 30.5 Å². The second-order valence-electron chi connectivity index (χ2n) is 5.59. The number of nitrogens with two attached hydrogens (primary N) is 1. The quantitative estimate of drug-likeness (QED) is 0.774. The molecule has 0 fully saturated rings. The maximum atomic E-state index is 12.8. The molecule has 1 heterocycles. The highest BCUT2D eigenvalue weighted by molar-refractivity contribution is 5.94. The van der Waals surface area contributed by atoms with E-state index in [2.05, 4.69) is 0 Å². The SMILES string of the molecule is NC(=O)COc1ccc(C(=O)N(CC(F)F)C[C@H]2CCC=CO2)cc1. The molecular weight excluding hydrogens is 334 g/mol. The molecule has 2 rings (SSSR count). The largest absolute Gasteiger partial charge is 0.497 e. The van der Waals surface area contributed by atoms with Crippen molar-refractivity contribution < 1.29 is 27.8 Å². The Balaban J connectivity index is 2.03. The molecule has 136 valence electrons. The molecule has 0 bridgehead atoms.